The summed E-state index contributed by atoms with van der Waals surface area (Å²) in [6.45, 7) is 4.31. The average Bonchev–Trinajstić information content (AvgIpc) is 4.50. The Morgan fingerprint density at radius 3 is 1.36 bits per heavy atom. The van der Waals surface area contributed by atoms with E-state index < -0.39 is 58.0 Å². The van der Waals surface area contributed by atoms with Crippen molar-refractivity contribution in [3.63, 3.8) is 0 Å². The molecule has 6 aromatic heterocycles. The monoisotopic (exact) mass is 1180 g/mol. The molecule has 0 saturated carbocycles. The minimum absolute atomic E-state index is 0.00127. The Kier molecular flexibility index (Phi) is 17.6. The number of methoxy groups -OCH3 is 2. The van der Waals surface area contributed by atoms with Crippen LogP contribution >= 0.6 is 22.7 Å². The van der Waals surface area contributed by atoms with Crippen molar-refractivity contribution in [3.8, 4) is 44.7 Å². The molecule has 0 bridgehead atoms. The van der Waals surface area contributed by atoms with Gasteiger partial charge in [-0.15, -0.1) is 10.2 Å². The van der Waals surface area contributed by atoms with Gasteiger partial charge in [0.15, 0.2) is 21.6 Å². The van der Waals surface area contributed by atoms with Gasteiger partial charge < -0.3 is 42.3 Å². The summed E-state index contributed by atoms with van der Waals surface area (Å²) in [5.74, 6) is -8.31. The maximum atomic E-state index is 16.7. The molecule has 0 radical (unpaired) electrons. The van der Waals surface area contributed by atoms with Gasteiger partial charge in [0, 0.05) is 63.4 Å². The van der Waals surface area contributed by atoms with E-state index in [1.807, 2.05) is 13.8 Å². The van der Waals surface area contributed by atoms with Gasteiger partial charge in [0.25, 0.3) is 10.4 Å². The second kappa shape index (κ2) is 25.5. The Bertz CT molecular complexity index is 3790. The Morgan fingerprint density at radius 2 is 0.952 bits per heavy atom. The normalized spacial score (nSPS) is 11.4. The van der Waals surface area contributed by atoms with Gasteiger partial charge in [-0.05, 0) is 85.6 Å². The molecule has 0 aliphatic heterocycles. The molecule has 0 aliphatic rings. The lowest BCUT2D eigenvalue weighted by molar-refractivity contribution is 0.0392. The second-order valence-corrected chi connectivity index (χ2v) is 20.0. The molecule has 10 aromatic rings. The number of hydrogen-bond donors (Lipinski definition) is 0. The van der Waals surface area contributed by atoms with Gasteiger partial charge in [-0.1, -0.05) is 45.0 Å². The number of esters is 2. The van der Waals surface area contributed by atoms with E-state index in [2.05, 4.69) is 40.3 Å². The first-order chi connectivity index (χ1) is 40.2. The SMILES string of the molecule is CCOc1nnc(COc2cccc(-c3cc(F)c(Cc4nc5ccc(C(=O)OC(=O)c6ccc7nc(Cc8cc(F)c(-c9cccc(OCc%10nnc(OCC)s%10)n9)cc8F)n(CCOC)c7c6F)c(F)c5n4CCOC)cc3F)n2)s1. The third-order valence-corrected chi connectivity index (χ3v) is 14.2. The number of rotatable bonds is 24. The van der Waals surface area contributed by atoms with Crippen molar-refractivity contribution >= 4 is 56.7 Å². The number of carbonyl (C=O) groups excluding carboxylic acids is 2. The number of aromatic nitrogens is 10. The summed E-state index contributed by atoms with van der Waals surface area (Å²) in [6, 6.07) is 17.7. The van der Waals surface area contributed by atoms with Crippen LogP contribution < -0.4 is 18.9 Å². The maximum Gasteiger partial charge on any atom is 0.349 e. The first kappa shape index (κ1) is 57.3. The highest BCUT2D eigenvalue weighted by Crippen LogP contribution is 2.33. The predicted octanol–water partition coefficient (Wildman–Crippen LogP) is 10.5. The van der Waals surface area contributed by atoms with E-state index in [1.54, 1.807) is 24.3 Å². The molecule has 4 aromatic carbocycles. The zero-order valence-electron chi connectivity index (χ0n) is 44.4. The highest BCUT2D eigenvalue weighted by molar-refractivity contribution is 7.13. The fraction of sp³-hybridized carbons (Fsp3) is 0.250. The summed E-state index contributed by atoms with van der Waals surface area (Å²) >= 11 is 2.38. The number of halogens is 6. The van der Waals surface area contributed by atoms with Crippen molar-refractivity contribution in [2.75, 3.05) is 40.6 Å². The fourth-order valence-electron chi connectivity index (χ4n) is 8.78. The molecule has 0 saturated heterocycles. The van der Waals surface area contributed by atoms with E-state index in [-0.39, 0.29) is 131 Å². The largest absolute Gasteiger partial charge is 0.470 e. The Morgan fingerprint density at radius 1 is 0.518 bits per heavy atom. The number of benzene rings is 4. The van der Waals surface area contributed by atoms with Gasteiger partial charge in [-0.2, -0.15) is 0 Å². The predicted molar refractivity (Wildman–Crippen MR) is 288 cm³/mol. The van der Waals surface area contributed by atoms with Crippen LogP contribution in [0.15, 0.2) is 84.9 Å². The van der Waals surface area contributed by atoms with Crippen LogP contribution in [0.25, 0.3) is 44.6 Å². The first-order valence-corrected chi connectivity index (χ1v) is 27.0. The van der Waals surface area contributed by atoms with Crippen LogP contribution in [0.3, 0.4) is 0 Å². The fourth-order valence-corrected chi connectivity index (χ4v) is 10.1. The van der Waals surface area contributed by atoms with Crippen LogP contribution in [-0.2, 0) is 53.4 Å². The first-order valence-electron chi connectivity index (χ1n) is 25.4. The summed E-state index contributed by atoms with van der Waals surface area (Å²) in [4.78, 5) is 45.0. The van der Waals surface area contributed by atoms with Gasteiger partial charge >= 0.3 is 11.9 Å². The highest BCUT2D eigenvalue weighted by atomic mass is 32.1. The highest BCUT2D eigenvalue weighted by Gasteiger charge is 2.29. The van der Waals surface area contributed by atoms with Gasteiger partial charge in [0.2, 0.25) is 11.8 Å². The summed E-state index contributed by atoms with van der Waals surface area (Å²) in [6.07, 6.45) is -0.698. The van der Waals surface area contributed by atoms with Crippen molar-refractivity contribution < 1.29 is 69.1 Å². The van der Waals surface area contributed by atoms with Crippen LogP contribution in [0, 0.1) is 34.9 Å². The molecule has 428 valence electrons. The number of fused-ring (bicyclic) bond motifs is 2. The molecular weight excluding hydrogens is 1130 g/mol. The topological polar surface area (TPSA) is 212 Å². The molecule has 0 N–H and O–H groups in total. The smallest absolute Gasteiger partial charge is 0.349 e. The third-order valence-electron chi connectivity index (χ3n) is 12.6. The summed E-state index contributed by atoms with van der Waals surface area (Å²) in [7, 11) is 2.78. The third kappa shape index (κ3) is 12.6. The minimum atomic E-state index is -1.49. The molecule has 6 heterocycles. The van der Waals surface area contributed by atoms with E-state index in [0.29, 0.717) is 33.6 Å². The van der Waals surface area contributed by atoms with E-state index in [4.69, 9.17) is 33.2 Å². The maximum absolute atomic E-state index is 16.7. The molecule has 0 aliphatic carbocycles. The van der Waals surface area contributed by atoms with Crippen molar-refractivity contribution in [1.82, 2.24) is 49.5 Å². The zero-order valence-corrected chi connectivity index (χ0v) is 46.0. The molecule has 0 fully saturated rings. The number of imidazole rings is 2. The summed E-state index contributed by atoms with van der Waals surface area (Å²) in [5.41, 5.74) is -2.41. The molecule has 0 spiro atoms. The van der Waals surface area contributed by atoms with Crippen molar-refractivity contribution in [2.45, 2.75) is 53.0 Å². The molecule has 27 heteroatoms. The molecule has 19 nitrogen and oxygen atoms in total. The molecule has 0 unspecified atom stereocenters. The van der Waals surface area contributed by atoms with Crippen LogP contribution in [0.2, 0.25) is 0 Å². The van der Waals surface area contributed by atoms with E-state index >= 15 is 26.3 Å². The number of carbonyl (C=O) groups is 2. The second-order valence-electron chi connectivity index (χ2n) is 17.9. The van der Waals surface area contributed by atoms with Crippen molar-refractivity contribution in [1.29, 1.82) is 0 Å². The van der Waals surface area contributed by atoms with Crippen molar-refractivity contribution in [2.24, 2.45) is 0 Å². The van der Waals surface area contributed by atoms with Crippen molar-refractivity contribution in [3.05, 3.63) is 164 Å². The standard InChI is InChI=1S/C56H46F6N10O9S2/c1-5-77-55-69-67-47(82-55)27-79-45-11-7-9-39(65-45)33-25-35(57)29(21-37(33)59)23-43-63-41-15-13-31(49(61)51(41)71(43)17-19-75-3)53(73)81-54(74)32-14-16-42-52(50(32)62)72(18-20-76-4)44(64-42)24-30-22-38(60)34(26-36(30)58)40-10-8-12-46(66-40)80-28-48-68-70-56(83-48)78-6-2/h7-16,21-22,25-26H,5-6,17-20,23-24,27-28H2,1-4H3. The van der Waals surface area contributed by atoms with E-state index in [9.17, 15) is 9.59 Å². The summed E-state index contributed by atoms with van der Waals surface area (Å²) < 4.78 is 138. The molecule has 83 heavy (non-hydrogen) atoms. The minimum Gasteiger partial charge on any atom is -0.470 e. The van der Waals surface area contributed by atoms with Crippen LogP contribution in [-0.4, -0.2) is 102 Å². The quantitative estimate of drug-likeness (QED) is 0.0313. The Balaban J connectivity index is 0.858. The molecular formula is C56H46F6N10O9S2. The van der Waals surface area contributed by atoms with Crippen LogP contribution in [0.5, 0.6) is 22.1 Å². The molecule has 0 amide bonds. The van der Waals surface area contributed by atoms with Crippen LogP contribution in [0.1, 0.15) is 67.4 Å². The van der Waals surface area contributed by atoms with Gasteiger partial charge in [-0.25, -0.2) is 55.9 Å². The lowest BCUT2D eigenvalue weighted by Gasteiger charge is -2.13. The number of nitrogens with zero attached hydrogens (tertiary/aromatic N) is 10. The van der Waals surface area contributed by atoms with Gasteiger partial charge in [0.1, 0.15) is 59.2 Å². The zero-order chi connectivity index (χ0) is 58.3. The molecule has 10 rings (SSSR count). The Hall–Kier alpha value is -8.92. The number of ether oxygens (including phenoxy) is 7. The van der Waals surface area contributed by atoms with Gasteiger partial charge in [0.05, 0.1) is 60.0 Å². The summed E-state index contributed by atoms with van der Waals surface area (Å²) in [5, 5.41) is 17.6. The lowest BCUT2D eigenvalue weighted by atomic mass is 10.0. The number of pyridine rings is 2. The number of hydrogen-bond acceptors (Lipinski definition) is 19. The van der Waals surface area contributed by atoms with Gasteiger partial charge in [-0.3, -0.25) is 0 Å². The molecule has 0 atom stereocenters. The van der Waals surface area contributed by atoms with E-state index in [0.717, 1.165) is 36.4 Å². The van der Waals surface area contributed by atoms with E-state index in [1.165, 1.54) is 70.3 Å². The lowest BCUT2D eigenvalue weighted by Crippen LogP contribution is -2.17. The Labute approximate surface area is 475 Å². The van der Waals surface area contributed by atoms with Crippen LogP contribution in [0.4, 0.5) is 26.3 Å². The average molecular weight is 1180 g/mol.